The van der Waals surface area contributed by atoms with Gasteiger partial charge >= 0.3 is 0 Å². The van der Waals surface area contributed by atoms with E-state index in [9.17, 15) is 0 Å². The Bertz CT molecular complexity index is 460. The molecule has 2 rings (SSSR count). The van der Waals surface area contributed by atoms with Gasteiger partial charge in [-0.2, -0.15) is 0 Å². The summed E-state index contributed by atoms with van der Waals surface area (Å²) >= 11 is 0. The Morgan fingerprint density at radius 1 is 1.06 bits per heavy atom. The van der Waals surface area contributed by atoms with E-state index in [1.807, 2.05) is 24.3 Å². The molecule has 0 saturated carbocycles. The van der Waals surface area contributed by atoms with Crippen LogP contribution in [0.4, 0.5) is 11.4 Å². The van der Waals surface area contributed by atoms with Gasteiger partial charge in [0.1, 0.15) is 0 Å². The van der Waals surface area contributed by atoms with Gasteiger partial charge in [0, 0.05) is 17.9 Å². The Hall–Kier alpha value is -1.96. The Kier molecular flexibility index (Phi) is 3.10. The quantitative estimate of drug-likeness (QED) is 0.767. The van der Waals surface area contributed by atoms with E-state index in [1.54, 1.807) is 0 Å². The zero-order valence-corrected chi connectivity index (χ0v) is 9.40. The Morgan fingerprint density at radius 2 is 1.81 bits per heavy atom. The lowest BCUT2D eigenvalue weighted by Crippen LogP contribution is -1.99. The fraction of sp³-hybridized carbons (Fsp3) is 0.143. The summed E-state index contributed by atoms with van der Waals surface area (Å²) in [6, 6.07) is 16.3. The highest BCUT2D eigenvalue weighted by atomic mass is 14.9. The second-order valence-corrected chi connectivity index (χ2v) is 3.96. The third-order valence-electron chi connectivity index (χ3n) is 2.49. The third kappa shape index (κ3) is 2.76. The SMILES string of the molecule is Cc1cccc(CNc2ccc(N)cc2)c1. The van der Waals surface area contributed by atoms with Gasteiger partial charge < -0.3 is 11.1 Å². The summed E-state index contributed by atoms with van der Waals surface area (Å²) in [6.07, 6.45) is 0. The van der Waals surface area contributed by atoms with E-state index >= 15 is 0 Å². The summed E-state index contributed by atoms with van der Waals surface area (Å²) in [5.74, 6) is 0. The molecule has 0 aliphatic rings. The Balaban J connectivity index is 1.99. The van der Waals surface area contributed by atoms with Gasteiger partial charge in [-0.15, -0.1) is 0 Å². The number of hydrogen-bond acceptors (Lipinski definition) is 2. The number of nitrogens with two attached hydrogens (primary N) is 1. The maximum absolute atomic E-state index is 5.63. The average molecular weight is 212 g/mol. The number of aryl methyl sites for hydroxylation is 1. The maximum Gasteiger partial charge on any atom is 0.0400 e. The molecule has 0 radical (unpaired) electrons. The van der Waals surface area contributed by atoms with Gasteiger partial charge in [0.2, 0.25) is 0 Å². The van der Waals surface area contributed by atoms with Crippen LogP contribution in [-0.4, -0.2) is 0 Å². The minimum absolute atomic E-state index is 0.793. The molecule has 0 bridgehead atoms. The monoisotopic (exact) mass is 212 g/mol. The summed E-state index contributed by atoms with van der Waals surface area (Å²) in [7, 11) is 0. The van der Waals surface area contributed by atoms with Gasteiger partial charge in [0.15, 0.2) is 0 Å². The zero-order chi connectivity index (χ0) is 11.4. The second-order valence-electron chi connectivity index (χ2n) is 3.96. The van der Waals surface area contributed by atoms with Crippen LogP contribution in [0.25, 0.3) is 0 Å². The van der Waals surface area contributed by atoms with Crippen LogP contribution in [-0.2, 0) is 6.54 Å². The van der Waals surface area contributed by atoms with E-state index in [-0.39, 0.29) is 0 Å². The predicted molar refractivity (Wildman–Crippen MR) is 69.4 cm³/mol. The van der Waals surface area contributed by atoms with Gasteiger partial charge in [-0.1, -0.05) is 29.8 Å². The molecule has 0 unspecified atom stereocenters. The summed E-state index contributed by atoms with van der Waals surface area (Å²) < 4.78 is 0. The van der Waals surface area contributed by atoms with E-state index in [2.05, 4.69) is 36.5 Å². The molecule has 0 aliphatic heterocycles. The number of nitrogens with one attached hydrogen (secondary N) is 1. The van der Waals surface area contributed by atoms with Crippen molar-refractivity contribution in [2.24, 2.45) is 0 Å². The van der Waals surface area contributed by atoms with Crippen LogP contribution in [0.3, 0.4) is 0 Å². The van der Waals surface area contributed by atoms with Gasteiger partial charge in [-0.05, 0) is 36.8 Å². The summed E-state index contributed by atoms with van der Waals surface area (Å²) in [6.45, 7) is 2.94. The molecule has 2 nitrogen and oxygen atoms in total. The standard InChI is InChI=1S/C14H16N2/c1-11-3-2-4-12(9-11)10-16-14-7-5-13(15)6-8-14/h2-9,16H,10,15H2,1H3. The fourth-order valence-corrected chi connectivity index (χ4v) is 1.63. The zero-order valence-electron chi connectivity index (χ0n) is 9.40. The lowest BCUT2D eigenvalue weighted by molar-refractivity contribution is 1.14. The van der Waals surface area contributed by atoms with Gasteiger partial charge in [-0.3, -0.25) is 0 Å². The Morgan fingerprint density at radius 3 is 2.50 bits per heavy atom. The summed E-state index contributed by atoms with van der Waals surface area (Å²) in [5, 5.41) is 3.36. The minimum Gasteiger partial charge on any atom is -0.399 e. The first kappa shape index (κ1) is 10.6. The topological polar surface area (TPSA) is 38.0 Å². The highest BCUT2D eigenvalue weighted by molar-refractivity contribution is 5.51. The first-order chi connectivity index (χ1) is 7.74. The molecule has 2 aromatic rings. The van der Waals surface area contributed by atoms with Crippen molar-refractivity contribution in [1.82, 2.24) is 0 Å². The number of benzene rings is 2. The molecule has 3 N–H and O–H groups in total. The van der Waals surface area contributed by atoms with Crippen LogP contribution in [0.1, 0.15) is 11.1 Å². The largest absolute Gasteiger partial charge is 0.399 e. The smallest absolute Gasteiger partial charge is 0.0400 e. The van der Waals surface area contributed by atoms with Crippen LogP contribution in [0, 0.1) is 6.92 Å². The molecule has 16 heavy (non-hydrogen) atoms. The van der Waals surface area contributed by atoms with Crippen molar-refractivity contribution >= 4 is 11.4 Å². The molecule has 0 fully saturated rings. The molecule has 82 valence electrons. The van der Waals surface area contributed by atoms with E-state index in [0.29, 0.717) is 0 Å². The van der Waals surface area contributed by atoms with Crippen molar-refractivity contribution < 1.29 is 0 Å². The summed E-state index contributed by atoms with van der Waals surface area (Å²) in [4.78, 5) is 0. The maximum atomic E-state index is 5.63. The van der Waals surface area contributed by atoms with Crippen LogP contribution >= 0.6 is 0 Å². The Labute approximate surface area is 96.1 Å². The molecule has 2 aromatic carbocycles. The molecule has 0 aromatic heterocycles. The summed E-state index contributed by atoms with van der Waals surface area (Å²) in [5.41, 5.74) is 10.1. The average Bonchev–Trinajstić information content (AvgIpc) is 2.28. The predicted octanol–water partition coefficient (Wildman–Crippen LogP) is 3.19. The molecule has 2 heteroatoms. The van der Waals surface area contributed by atoms with E-state index in [0.717, 1.165) is 17.9 Å². The highest BCUT2D eigenvalue weighted by Gasteiger charge is 1.94. The number of rotatable bonds is 3. The highest BCUT2D eigenvalue weighted by Crippen LogP contribution is 2.12. The third-order valence-corrected chi connectivity index (χ3v) is 2.49. The van der Waals surface area contributed by atoms with Crippen molar-refractivity contribution in [3.8, 4) is 0 Å². The molecule has 0 aliphatic carbocycles. The molecular weight excluding hydrogens is 196 g/mol. The van der Waals surface area contributed by atoms with Crippen LogP contribution in [0.2, 0.25) is 0 Å². The van der Waals surface area contributed by atoms with Crippen molar-refractivity contribution in [2.45, 2.75) is 13.5 Å². The van der Waals surface area contributed by atoms with Gasteiger partial charge in [0.25, 0.3) is 0 Å². The van der Waals surface area contributed by atoms with E-state index in [4.69, 9.17) is 5.73 Å². The molecular formula is C14H16N2. The lowest BCUT2D eigenvalue weighted by atomic mass is 10.1. The van der Waals surface area contributed by atoms with Crippen molar-refractivity contribution in [3.63, 3.8) is 0 Å². The van der Waals surface area contributed by atoms with Crippen LogP contribution < -0.4 is 11.1 Å². The number of nitrogen functional groups attached to an aromatic ring is 1. The number of anilines is 2. The first-order valence-corrected chi connectivity index (χ1v) is 5.39. The van der Waals surface area contributed by atoms with Crippen molar-refractivity contribution in [3.05, 3.63) is 59.7 Å². The molecule has 0 saturated heterocycles. The first-order valence-electron chi connectivity index (χ1n) is 5.39. The van der Waals surface area contributed by atoms with Gasteiger partial charge in [0.05, 0.1) is 0 Å². The lowest BCUT2D eigenvalue weighted by Gasteiger charge is -2.07. The normalized spacial score (nSPS) is 10.1. The van der Waals surface area contributed by atoms with E-state index < -0.39 is 0 Å². The van der Waals surface area contributed by atoms with Crippen molar-refractivity contribution in [2.75, 3.05) is 11.1 Å². The molecule has 0 atom stereocenters. The molecule has 0 amide bonds. The van der Waals surface area contributed by atoms with E-state index in [1.165, 1.54) is 11.1 Å². The second kappa shape index (κ2) is 4.71. The fourth-order valence-electron chi connectivity index (χ4n) is 1.63. The molecule has 0 spiro atoms. The van der Waals surface area contributed by atoms with Crippen molar-refractivity contribution in [1.29, 1.82) is 0 Å². The van der Waals surface area contributed by atoms with Gasteiger partial charge in [-0.25, -0.2) is 0 Å². The number of hydrogen-bond donors (Lipinski definition) is 2. The minimum atomic E-state index is 0.793. The van der Waals surface area contributed by atoms with Crippen LogP contribution in [0.15, 0.2) is 48.5 Å². The molecule has 0 heterocycles. The van der Waals surface area contributed by atoms with Crippen LogP contribution in [0.5, 0.6) is 0 Å².